The van der Waals surface area contributed by atoms with E-state index >= 15 is 8.78 Å². The SMILES string of the molecule is CO[C@@H]1CCN(C(=O)c2cc(F)c3c(c2)nc(-c2cc4ccc5nc4n2CCCCCC[C@@](F)(c2cccc(Cl)n2)C(=O)N[C@@H]5C)n3C2CC2)C[C@@H]1N. The minimum Gasteiger partial charge on any atom is -0.380 e. The first kappa shape index (κ1) is 35.6. The zero-order chi connectivity index (χ0) is 37.0. The van der Waals surface area contributed by atoms with Gasteiger partial charge in [0.05, 0.1) is 34.7 Å². The number of nitrogens with one attached hydrogen (secondary N) is 1. The number of hydrogen-bond donors (Lipinski definition) is 2. The molecule has 14 heteroatoms. The molecule has 53 heavy (non-hydrogen) atoms. The maximum atomic E-state index is 16.7. The van der Waals surface area contributed by atoms with Crippen LogP contribution < -0.4 is 11.1 Å². The summed E-state index contributed by atoms with van der Waals surface area (Å²) in [5.74, 6) is -0.943. The predicted molar refractivity (Wildman–Crippen MR) is 198 cm³/mol. The van der Waals surface area contributed by atoms with Crippen LogP contribution in [0.3, 0.4) is 0 Å². The Kier molecular flexibility index (Phi) is 9.44. The van der Waals surface area contributed by atoms with E-state index in [4.69, 9.17) is 32.0 Å². The Morgan fingerprint density at radius 3 is 2.60 bits per heavy atom. The quantitative estimate of drug-likeness (QED) is 0.190. The van der Waals surface area contributed by atoms with Gasteiger partial charge in [-0.05, 0) is 87.9 Å². The third kappa shape index (κ3) is 6.57. The van der Waals surface area contributed by atoms with E-state index in [0.717, 1.165) is 36.8 Å². The van der Waals surface area contributed by atoms with Crippen LogP contribution in [0.1, 0.15) is 92.1 Å². The number of benzene rings is 1. The average molecular weight is 745 g/mol. The molecule has 1 aromatic carbocycles. The van der Waals surface area contributed by atoms with Gasteiger partial charge in [-0.15, -0.1) is 0 Å². The van der Waals surface area contributed by atoms with Crippen LogP contribution in [-0.4, -0.2) is 73.1 Å². The van der Waals surface area contributed by atoms with Gasteiger partial charge in [0.15, 0.2) is 5.82 Å². The largest absolute Gasteiger partial charge is 0.380 e. The van der Waals surface area contributed by atoms with Gasteiger partial charge in [-0.1, -0.05) is 30.5 Å². The second kappa shape index (κ2) is 14.1. The summed E-state index contributed by atoms with van der Waals surface area (Å²) in [7, 11) is 1.62. The number of fused-ring (bicyclic) bond motifs is 2. The second-order valence-corrected chi connectivity index (χ2v) is 15.1. The molecule has 1 aliphatic carbocycles. The van der Waals surface area contributed by atoms with Crippen LogP contribution in [0, 0.1) is 5.82 Å². The summed E-state index contributed by atoms with van der Waals surface area (Å²) in [6, 6.07) is 12.6. The van der Waals surface area contributed by atoms with E-state index in [-0.39, 0.29) is 46.9 Å². The summed E-state index contributed by atoms with van der Waals surface area (Å²) in [6.45, 7) is 3.17. The molecule has 6 heterocycles. The van der Waals surface area contributed by atoms with Gasteiger partial charge in [-0.2, -0.15) is 0 Å². The van der Waals surface area contributed by atoms with E-state index in [1.807, 2.05) is 22.8 Å². The number of amides is 2. The van der Waals surface area contributed by atoms with Crippen molar-refractivity contribution in [2.24, 2.45) is 5.73 Å². The van der Waals surface area contributed by atoms with Gasteiger partial charge in [-0.3, -0.25) is 9.59 Å². The van der Waals surface area contributed by atoms with Crippen LogP contribution in [-0.2, 0) is 21.7 Å². The highest BCUT2D eigenvalue weighted by Gasteiger charge is 2.42. The molecule has 278 valence electrons. The number of methoxy groups -OCH3 is 1. The van der Waals surface area contributed by atoms with Crippen LogP contribution in [0.15, 0.2) is 48.5 Å². The minimum absolute atomic E-state index is 0.00823. The number of piperidine rings is 1. The number of nitrogens with zero attached hydrogens (tertiary/aromatic N) is 6. The van der Waals surface area contributed by atoms with E-state index in [2.05, 4.69) is 14.9 Å². The van der Waals surface area contributed by atoms with Gasteiger partial charge in [0.1, 0.15) is 22.1 Å². The number of hydrogen-bond acceptors (Lipinski definition) is 7. The first-order valence-corrected chi connectivity index (χ1v) is 18.9. The smallest absolute Gasteiger partial charge is 0.264 e. The van der Waals surface area contributed by atoms with Crippen molar-refractivity contribution < 1.29 is 23.1 Å². The fourth-order valence-corrected chi connectivity index (χ4v) is 8.12. The Labute approximate surface area is 310 Å². The summed E-state index contributed by atoms with van der Waals surface area (Å²) in [6.07, 6.45) is 4.94. The molecular weight excluding hydrogens is 702 g/mol. The van der Waals surface area contributed by atoms with Gasteiger partial charge in [0.2, 0.25) is 5.67 Å². The van der Waals surface area contributed by atoms with E-state index in [1.54, 1.807) is 37.1 Å². The number of rotatable bonds is 5. The van der Waals surface area contributed by atoms with Gasteiger partial charge in [-0.25, -0.2) is 23.7 Å². The first-order chi connectivity index (χ1) is 25.5. The number of pyridine rings is 2. The van der Waals surface area contributed by atoms with Crippen LogP contribution in [0.5, 0.6) is 0 Å². The van der Waals surface area contributed by atoms with Crippen LogP contribution >= 0.6 is 11.6 Å². The molecule has 1 saturated carbocycles. The molecular formula is C39H43ClF2N8O3. The number of halogens is 3. The van der Waals surface area contributed by atoms with Gasteiger partial charge >= 0.3 is 0 Å². The number of likely N-dealkylation sites (tertiary alicyclic amines) is 1. The Balaban J connectivity index is 1.17. The van der Waals surface area contributed by atoms with Gasteiger partial charge < -0.3 is 29.8 Å². The van der Waals surface area contributed by atoms with E-state index < -0.39 is 23.4 Å². The number of aromatic nitrogens is 5. The molecule has 0 unspecified atom stereocenters. The Morgan fingerprint density at radius 1 is 1.04 bits per heavy atom. The van der Waals surface area contributed by atoms with Crippen molar-refractivity contribution in [2.45, 2.75) is 94.7 Å². The lowest BCUT2D eigenvalue weighted by Crippen LogP contribution is -2.53. The third-order valence-corrected chi connectivity index (χ3v) is 11.2. The van der Waals surface area contributed by atoms with Crippen molar-refractivity contribution in [2.75, 3.05) is 20.2 Å². The van der Waals surface area contributed by atoms with Crippen molar-refractivity contribution in [1.82, 2.24) is 34.3 Å². The standard InChI is InChI=1S/C39H43ClF2N8O3/c1-22-28-13-10-23-20-30(49(35(23)45-28)16-6-4-3-5-15-39(42,38(52)44-22)32-8-7-9-33(40)47-32)36-46-29-19-24(18-26(41)34(29)50(36)25-11-12-25)37(51)48-17-14-31(53-2)27(43)21-48/h7-10,13,18-20,22,25,27,31H,3-6,11-12,14-17,21,43H2,1-2H3,(H,44,52)/t22-,27+,31-,39-/m1/s1. The van der Waals surface area contributed by atoms with Crippen LogP contribution in [0.25, 0.3) is 33.6 Å². The van der Waals surface area contributed by atoms with Crippen LogP contribution in [0.4, 0.5) is 8.78 Å². The fourth-order valence-electron chi connectivity index (χ4n) is 7.95. The number of aryl methyl sites for hydroxylation is 1. The molecule has 2 fully saturated rings. The second-order valence-electron chi connectivity index (χ2n) is 14.7. The van der Waals surface area contributed by atoms with Crippen molar-refractivity contribution in [1.29, 1.82) is 0 Å². The highest BCUT2D eigenvalue weighted by molar-refractivity contribution is 6.29. The number of carbonyl (C=O) groups is 2. The summed E-state index contributed by atoms with van der Waals surface area (Å²) in [5.41, 5.74) is 7.00. The van der Waals surface area contributed by atoms with Crippen LogP contribution in [0.2, 0.25) is 5.15 Å². The van der Waals surface area contributed by atoms with Crippen molar-refractivity contribution >= 4 is 45.5 Å². The fraction of sp³-hybridized carbons (Fsp3) is 0.462. The number of ether oxygens (including phenoxy) is 1. The molecule has 2 aliphatic heterocycles. The lowest BCUT2D eigenvalue weighted by molar-refractivity contribution is -0.135. The summed E-state index contributed by atoms with van der Waals surface area (Å²) in [5, 5.41) is 3.84. The van der Waals surface area contributed by atoms with Crippen molar-refractivity contribution in [3.05, 3.63) is 76.5 Å². The molecule has 0 spiro atoms. The molecule has 2 amide bonds. The minimum atomic E-state index is -2.35. The number of carbonyl (C=O) groups excluding carboxylic acids is 2. The zero-order valence-electron chi connectivity index (χ0n) is 29.8. The van der Waals surface area contributed by atoms with Crippen molar-refractivity contribution in [3.8, 4) is 11.5 Å². The van der Waals surface area contributed by atoms with Gasteiger partial charge in [0, 0.05) is 49.8 Å². The third-order valence-electron chi connectivity index (χ3n) is 11.0. The summed E-state index contributed by atoms with van der Waals surface area (Å²) in [4.78, 5) is 43.1. The molecule has 2 bridgehead atoms. The average Bonchev–Trinajstić information content (AvgIpc) is 3.82. The van der Waals surface area contributed by atoms with E-state index in [9.17, 15) is 9.59 Å². The number of imidazole rings is 1. The highest BCUT2D eigenvalue weighted by Crippen LogP contribution is 2.43. The Bertz CT molecular complexity index is 2220. The van der Waals surface area contributed by atoms with Gasteiger partial charge in [0.25, 0.3) is 11.8 Å². The molecule has 11 nitrogen and oxygen atoms in total. The van der Waals surface area contributed by atoms with E-state index in [1.165, 1.54) is 12.1 Å². The molecule has 3 N–H and O–H groups in total. The molecule has 0 radical (unpaired) electrons. The normalized spacial score (nSPS) is 24.5. The maximum Gasteiger partial charge on any atom is 0.264 e. The molecule has 4 atom stereocenters. The molecule has 4 aromatic heterocycles. The lowest BCUT2D eigenvalue weighted by atomic mass is 9.92. The maximum absolute atomic E-state index is 16.7. The highest BCUT2D eigenvalue weighted by atomic mass is 35.5. The lowest BCUT2D eigenvalue weighted by Gasteiger charge is -2.35. The van der Waals surface area contributed by atoms with E-state index in [0.29, 0.717) is 67.1 Å². The zero-order valence-corrected chi connectivity index (χ0v) is 30.6. The number of nitrogens with two attached hydrogens (primary N) is 1. The Hall–Kier alpha value is -4.46. The molecule has 5 aromatic rings. The topological polar surface area (TPSA) is 133 Å². The Morgan fingerprint density at radius 2 is 1.85 bits per heavy atom. The molecule has 8 rings (SSSR count). The molecule has 1 saturated heterocycles. The predicted octanol–water partition coefficient (Wildman–Crippen LogP) is 6.77. The summed E-state index contributed by atoms with van der Waals surface area (Å²) < 4.78 is 42.4. The summed E-state index contributed by atoms with van der Waals surface area (Å²) >= 11 is 6.10. The number of alkyl halides is 1. The van der Waals surface area contributed by atoms with Crippen molar-refractivity contribution in [3.63, 3.8) is 0 Å². The first-order valence-electron chi connectivity index (χ1n) is 18.5. The monoisotopic (exact) mass is 744 g/mol. The molecule has 3 aliphatic rings.